The molecule has 7 nitrogen and oxygen atoms in total. The van der Waals surface area contributed by atoms with E-state index in [1.165, 1.54) is 0 Å². The molecule has 0 unspecified atom stereocenters. The van der Waals surface area contributed by atoms with Gasteiger partial charge in [0.05, 0.1) is 10.6 Å². The number of anilines is 1. The predicted molar refractivity (Wildman–Crippen MR) is 183 cm³/mol. The highest BCUT2D eigenvalue weighted by Crippen LogP contribution is 2.26. The molecule has 8 heteroatoms. The van der Waals surface area contributed by atoms with Crippen LogP contribution in [-0.2, 0) is 32.6 Å². The number of para-hydroxylation sites is 1. The molecule has 2 amide bonds. The van der Waals surface area contributed by atoms with Gasteiger partial charge >= 0.3 is 0 Å². The molecule has 240 valence electrons. The van der Waals surface area contributed by atoms with Gasteiger partial charge in [0.25, 0.3) is 10.0 Å². The number of rotatable bonds is 12. The SMILES string of the molecule is Cc1ccc(S(=O)(=O)N(CC(=O)N(Cc2cccc(C)c2)[C@@H](Cc2ccccc2)C(=O)NC2CCCCC2)c2ccccc2)cc1. The van der Waals surface area contributed by atoms with Gasteiger partial charge in [-0.2, -0.15) is 0 Å². The Labute approximate surface area is 273 Å². The van der Waals surface area contributed by atoms with Crippen molar-refractivity contribution in [3.63, 3.8) is 0 Å². The van der Waals surface area contributed by atoms with E-state index in [-0.39, 0.29) is 23.4 Å². The molecule has 4 aromatic carbocycles. The summed E-state index contributed by atoms with van der Waals surface area (Å²) in [5.41, 5.74) is 4.12. The van der Waals surface area contributed by atoms with E-state index in [1.54, 1.807) is 59.5 Å². The first kappa shape index (κ1) is 32.9. The van der Waals surface area contributed by atoms with Gasteiger partial charge in [-0.1, -0.05) is 115 Å². The van der Waals surface area contributed by atoms with E-state index in [0.29, 0.717) is 12.1 Å². The maximum absolute atomic E-state index is 14.6. The number of carbonyl (C=O) groups is 2. The Bertz CT molecular complexity index is 1700. The summed E-state index contributed by atoms with van der Waals surface area (Å²) in [5.74, 6) is -0.676. The first-order valence-corrected chi connectivity index (χ1v) is 17.5. The number of nitrogens with one attached hydrogen (secondary N) is 1. The van der Waals surface area contributed by atoms with Crippen LogP contribution in [0, 0.1) is 13.8 Å². The Morgan fingerprint density at radius 1 is 0.761 bits per heavy atom. The number of hydrogen-bond donors (Lipinski definition) is 1. The second-order valence-electron chi connectivity index (χ2n) is 12.2. The van der Waals surface area contributed by atoms with Crippen LogP contribution in [0.2, 0.25) is 0 Å². The number of sulfonamides is 1. The van der Waals surface area contributed by atoms with Crippen molar-refractivity contribution < 1.29 is 18.0 Å². The molecular weight excluding hydrogens is 595 g/mol. The first-order valence-electron chi connectivity index (χ1n) is 16.0. The summed E-state index contributed by atoms with van der Waals surface area (Å²) in [7, 11) is -4.12. The maximum atomic E-state index is 14.6. The highest BCUT2D eigenvalue weighted by molar-refractivity contribution is 7.92. The standard InChI is InChI=1S/C38H43N3O4S/c1-29-21-23-35(24-22-29)46(44,45)41(34-19-10-5-11-20-34)28-37(42)40(27-32-16-12-13-30(2)25-32)36(26-31-14-6-3-7-15-31)38(43)39-33-17-8-4-9-18-33/h3,5-7,10-16,19-25,33,36H,4,8-9,17-18,26-28H2,1-2H3,(H,39,43)/t36-/m0/s1. The molecule has 0 spiro atoms. The minimum absolute atomic E-state index is 0.0539. The van der Waals surface area contributed by atoms with Crippen molar-refractivity contribution in [1.82, 2.24) is 10.2 Å². The van der Waals surface area contributed by atoms with E-state index >= 15 is 0 Å². The Morgan fingerprint density at radius 3 is 2.04 bits per heavy atom. The molecule has 0 radical (unpaired) electrons. The minimum Gasteiger partial charge on any atom is -0.352 e. The fourth-order valence-electron chi connectivity index (χ4n) is 6.07. The summed E-state index contributed by atoms with van der Waals surface area (Å²) < 4.78 is 29.4. The summed E-state index contributed by atoms with van der Waals surface area (Å²) in [5, 5.41) is 3.25. The smallest absolute Gasteiger partial charge is 0.264 e. The lowest BCUT2D eigenvalue weighted by molar-refractivity contribution is -0.140. The summed E-state index contributed by atoms with van der Waals surface area (Å²) in [6, 6.07) is 32.0. The number of nitrogens with zero attached hydrogens (tertiary/aromatic N) is 2. The molecule has 1 N–H and O–H groups in total. The molecule has 1 fully saturated rings. The molecule has 0 aromatic heterocycles. The molecule has 1 atom stereocenters. The zero-order chi connectivity index (χ0) is 32.5. The van der Waals surface area contributed by atoms with Crippen LogP contribution in [0.25, 0.3) is 0 Å². The van der Waals surface area contributed by atoms with Gasteiger partial charge in [-0.15, -0.1) is 0 Å². The minimum atomic E-state index is -4.12. The maximum Gasteiger partial charge on any atom is 0.264 e. The number of benzene rings is 4. The van der Waals surface area contributed by atoms with Crippen molar-refractivity contribution in [3.8, 4) is 0 Å². The van der Waals surface area contributed by atoms with Crippen molar-refractivity contribution in [2.24, 2.45) is 0 Å². The van der Waals surface area contributed by atoms with Crippen LogP contribution < -0.4 is 9.62 Å². The summed E-state index contributed by atoms with van der Waals surface area (Å²) in [6.45, 7) is 3.57. The number of amides is 2. The topological polar surface area (TPSA) is 86.8 Å². The van der Waals surface area contributed by atoms with E-state index in [1.807, 2.05) is 68.4 Å². The third-order valence-corrected chi connectivity index (χ3v) is 10.4. The van der Waals surface area contributed by atoms with E-state index in [4.69, 9.17) is 0 Å². The molecule has 0 saturated heterocycles. The Kier molecular flexibility index (Phi) is 10.9. The largest absolute Gasteiger partial charge is 0.352 e. The fourth-order valence-corrected chi connectivity index (χ4v) is 7.48. The van der Waals surface area contributed by atoms with Crippen LogP contribution in [-0.4, -0.2) is 43.8 Å². The average molecular weight is 638 g/mol. The molecule has 4 aromatic rings. The van der Waals surface area contributed by atoms with Gasteiger partial charge in [0.2, 0.25) is 11.8 Å². The van der Waals surface area contributed by atoms with Crippen molar-refractivity contribution in [3.05, 3.63) is 131 Å². The van der Waals surface area contributed by atoms with Crippen molar-refractivity contribution in [2.75, 3.05) is 10.8 Å². The lowest BCUT2D eigenvalue weighted by Gasteiger charge is -2.35. The third kappa shape index (κ3) is 8.43. The molecule has 1 saturated carbocycles. The molecule has 1 aliphatic rings. The Morgan fingerprint density at radius 2 is 1.39 bits per heavy atom. The van der Waals surface area contributed by atoms with Crippen LogP contribution in [0.1, 0.15) is 54.4 Å². The predicted octanol–water partition coefficient (Wildman–Crippen LogP) is 6.59. The molecule has 0 heterocycles. The highest BCUT2D eigenvalue weighted by atomic mass is 32.2. The fraction of sp³-hybridized carbons (Fsp3) is 0.316. The summed E-state index contributed by atoms with van der Waals surface area (Å²) in [6.07, 6.45) is 5.39. The lowest BCUT2D eigenvalue weighted by atomic mass is 9.94. The van der Waals surface area contributed by atoms with Crippen molar-refractivity contribution >= 4 is 27.5 Å². The third-order valence-electron chi connectivity index (χ3n) is 8.59. The van der Waals surface area contributed by atoms with Crippen LogP contribution in [0.3, 0.4) is 0 Å². The van der Waals surface area contributed by atoms with Crippen LogP contribution in [0.15, 0.2) is 114 Å². The zero-order valence-corrected chi connectivity index (χ0v) is 27.5. The second kappa shape index (κ2) is 15.2. The highest BCUT2D eigenvalue weighted by Gasteiger charge is 2.35. The van der Waals surface area contributed by atoms with Crippen LogP contribution in [0.4, 0.5) is 5.69 Å². The second-order valence-corrected chi connectivity index (χ2v) is 14.1. The van der Waals surface area contributed by atoms with Gasteiger partial charge in [-0.25, -0.2) is 8.42 Å². The van der Waals surface area contributed by atoms with Crippen molar-refractivity contribution in [1.29, 1.82) is 0 Å². The summed E-state index contributed by atoms with van der Waals surface area (Å²) in [4.78, 5) is 30.5. The lowest BCUT2D eigenvalue weighted by Crippen LogP contribution is -2.55. The number of hydrogen-bond acceptors (Lipinski definition) is 4. The first-order chi connectivity index (χ1) is 22.2. The number of aryl methyl sites for hydroxylation is 2. The van der Waals surface area contributed by atoms with Crippen LogP contribution in [0.5, 0.6) is 0 Å². The van der Waals surface area contributed by atoms with Gasteiger partial charge in [0.1, 0.15) is 12.6 Å². The summed E-state index contributed by atoms with van der Waals surface area (Å²) >= 11 is 0. The van der Waals surface area contributed by atoms with Gasteiger partial charge in [0, 0.05) is 19.0 Å². The quantitative estimate of drug-likeness (QED) is 0.190. The average Bonchev–Trinajstić information content (AvgIpc) is 3.06. The molecule has 0 bridgehead atoms. The van der Waals surface area contributed by atoms with Crippen molar-refractivity contribution in [2.45, 2.75) is 75.9 Å². The molecular formula is C38H43N3O4S. The van der Waals surface area contributed by atoms with E-state index in [2.05, 4.69) is 5.32 Å². The molecule has 1 aliphatic carbocycles. The monoisotopic (exact) mass is 637 g/mol. The van der Waals surface area contributed by atoms with E-state index in [0.717, 1.165) is 58.7 Å². The van der Waals surface area contributed by atoms with Gasteiger partial charge < -0.3 is 10.2 Å². The van der Waals surface area contributed by atoms with E-state index < -0.39 is 28.5 Å². The Hall–Kier alpha value is -4.43. The molecule has 5 rings (SSSR count). The van der Waals surface area contributed by atoms with Crippen LogP contribution >= 0.6 is 0 Å². The van der Waals surface area contributed by atoms with Gasteiger partial charge in [-0.05, 0) is 62.1 Å². The number of carbonyl (C=O) groups excluding carboxylic acids is 2. The zero-order valence-electron chi connectivity index (χ0n) is 26.6. The normalized spacial score (nSPS) is 14.3. The Balaban J connectivity index is 1.55. The van der Waals surface area contributed by atoms with Gasteiger partial charge in [0.15, 0.2) is 0 Å². The van der Waals surface area contributed by atoms with E-state index in [9.17, 15) is 18.0 Å². The molecule has 0 aliphatic heterocycles. The van der Waals surface area contributed by atoms with Gasteiger partial charge in [-0.3, -0.25) is 13.9 Å². The molecule has 46 heavy (non-hydrogen) atoms.